The number of ether oxygens (including phenoxy) is 1. The van der Waals surface area contributed by atoms with Gasteiger partial charge in [0, 0.05) is 24.6 Å². The Morgan fingerprint density at radius 1 is 0.750 bits per heavy atom. The predicted molar refractivity (Wildman–Crippen MR) is 219 cm³/mol. The molecule has 3 aromatic carbocycles. The van der Waals surface area contributed by atoms with E-state index in [-0.39, 0.29) is 41.7 Å². The van der Waals surface area contributed by atoms with Gasteiger partial charge in [0.1, 0.15) is 23.7 Å². The van der Waals surface area contributed by atoms with Crippen molar-refractivity contribution in [3.8, 4) is 33.6 Å². The molecule has 0 unspecified atom stereocenters. The van der Waals surface area contributed by atoms with Crippen molar-refractivity contribution in [3.63, 3.8) is 0 Å². The van der Waals surface area contributed by atoms with E-state index in [1.54, 1.807) is 0 Å². The molecule has 0 spiro atoms. The molecular weight excluding hydrogens is 703 g/mol. The summed E-state index contributed by atoms with van der Waals surface area (Å²) in [6.07, 6.45) is 7.91. The third kappa shape index (κ3) is 7.85. The highest BCUT2D eigenvalue weighted by Gasteiger charge is 2.37. The number of hydrogen-bond donors (Lipinski definition) is 3. The van der Waals surface area contributed by atoms with E-state index in [0.717, 1.165) is 75.3 Å². The molecular formula is C45H53N7O4. The molecule has 4 atom stereocenters. The lowest BCUT2D eigenvalue weighted by Gasteiger charge is -2.37. The van der Waals surface area contributed by atoms with Gasteiger partial charge in [-0.15, -0.1) is 0 Å². The number of alkyl carbamates (subject to hydrolysis) is 1. The Morgan fingerprint density at radius 3 is 2.04 bits per heavy atom. The Kier molecular flexibility index (Phi) is 11.1. The highest BCUT2D eigenvalue weighted by Crippen LogP contribution is 2.35. The number of likely N-dealkylation sites (tertiary alicyclic amines) is 1. The van der Waals surface area contributed by atoms with Crippen molar-refractivity contribution in [1.29, 1.82) is 0 Å². The summed E-state index contributed by atoms with van der Waals surface area (Å²) < 4.78 is 4.79. The maximum absolute atomic E-state index is 13.7. The molecule has 0 bridgehead atoms. The van der Waals surface area contributed by atoms with Gasteiger partial charge in [-0.2, -0.15) is 0 Å². The van der Waals surface area contributed by atoms with E-state index < -0.39 is 12.1 Å². The molecule has 1 fully saturated rings. The number of piperidine rings is 1. The summed E-state index contributed by atoms with van der Waals surface area (Å²) in [6, 6.07) is 20.3. The number of carbonyl (C=O) groups excluding carboxylic acids is 3. The molecule has 1 saturated heterocycles. The molecule has 4 heterocycles. The van der Waals surface area contributed by atoms with Gasteiger partial charge in [-0.05, 0) is 77.6 Å². The fourth-order valence-corrected chi connectivity index (χ4v) is 7.85. The van der Waals surface area contributed by atoms with Crippen molar-refractivity contribution in [3.05, 3.63) is 96.4 Å². The van der Waals surface area contributed by atoms with Gasteiger partial charge in [-0.3, -0.25) is 9.59 Å². The van der Waals surface area contributed by atoms with Crippen LogP contribution in [0, 0.1) is 17.8 Å². The SMILES string of the molecule is COC(=O)N[C@H](C(=O)N1CCCC[C@H]1c1ncc(-c2ccc3cc(-c4ccc(-c5cnc([C@@H]6C=C(C)CN6C(=O)[C@@H](C)C(C)C)[nH]5)cc4)ccc3c2)[nH]1)C(C)C. The molecule has 2 aliphatic heterocycles. The van der Waals surface area contributed by atoms with Crippen molar-refractivity contribution in [2.75, 3.05) is 20.2 Å². The van der Waals surface area contributed by atoms with Gasteiger partial charge in [0.15, 0.2) is 0 Å². The monoisotopic (exact) mass is 755 g/mol. The zero-order valence-electron chi connectivity index (χ0n) is 33.4. The molecule has 3 N–H and O–H groups in total. The molecule has 3 amide bonds. The molecule has 5 aromatic rings. The van der Waals surface area contributed by atoms with Crippen LogP contribution in [0.4, 0.5) is 4.79 Å². The number of aromatic amines is 2. The zero-order chi connectivity index (χ0) is 39.7. The van der Waals surface area contributed by atoms with E-state index >= 15 is 0 Å². The Balaban J connectivity index is 1.05. The number of nitrogens with zero attached hydrogens (tertiary/aromatic N) is 4. The van der Waals surface area contributed by atoms with Crippen molar-refractivity contribution in [1.82, 2.24) is 35.1 Å². The Bertz CT molecular complexity index is 2250. The number of hydrogen-bond acceptors (Lipinski definition) is 6. The summed E-state index contributed by atoms with van der Waals surface area (Å²) in [7, 11) is 1.30. The highest BCUT2D eigenvalue weighted by atomic mass is 16.5. The summed E-state index contributed by atoms with van der Waals surface area (Å²) in [5, 5.41) is 4.96. The van der Waals surface area contributed by atoms with Crippen LogP contribution in [-0.2, 0) is 14.3 Å². The van der Waals surface area contributed by atoms with E-state index in [1.165, 1.54) is 12.7 Å². The maximum atomic E-state index is 13.7. The lowest BCUT2D eigenvalue weighted by molar-refractivity contribution is -0.138. The number of methoxy groups -OCH3 is 1. The minimum atomic E-state index is -0.682. The van der Waals surface area contributed by atoms with Crippen LogP contribution >= 0.6 is 0 Å². The number of benzene rings is 3. The molecule has 0 radical (unpaired) electrons. The largest absolute Gasteiger partial charge is 0.453 e. The lowest BCUT2D eigenvalue weighted by atomic mass is 9.96. The van der Waals surface area contributed by atoms with Crippen molar-refractivity contribution in [2.24, 2.45) is 17.8 Å². The Morgan fingerprint density at radius 2 is 1.36 bits per heavy atom. The molecule has 7 rings (SSSR count). The fraction of sp³-hybridized carbons (Fsp3) is 0.400. The molecule has 2 aliphatic rings. The predicted octanol–water partition coefficient (Wildman–Crippen LogP) is 8.84. The van der Waals surface area contributed by atoms with Crippen LogP contribution in [0.2, 0.25) is 0 Å². The highest BCUT2D eigenvalue weighted by molar-refractivity contribution is 5.91. The first-order valence-electron chi connectivity index (χ1n) is 19.8. The van der Waals surface area contributed by atoms with Gasteiger partial charge < -0.3 is 29.8 Å². The topological polar surface area (TPSA) is 136 Å². The second-order valence-corrected chi connectivity index (χ2v) is 16.1. The minimum absolute atomic E-state index is 0.0539. The number of imidazole rings is 2. The van der Waals surface area contributed by atoms with Crippen LogP contribution in [0.3, 0.4) is 0 Å². The number of carbonyl (C=O) groups is 3. The molecule has 56 heavy (non-hydrogen) atoms. The number of H-pyrrole nitrogens is 2. The molecule has 292 valence electrons. The molecule has 0 aliphatic carbocycles. The minimum Gasteiger partial charge on any atom is -0.453 e. The summed E-state index contributed by atoms with van der Waals surface area (Å²) in [5.74, 6) is 1.68. The molecule has 0 saturated carbocycles. The normalized spacial score (nSPS) is 18.3. The van der Waals surface area contributed by atoms with Crippen LogP contribution in [0.15, 0.2) is 84.7 Å². The summed E-state index contributed by atoms with van der Waals surface area (Å²) >= 11 is 0. The van der Waals surface area contributed by atoms with Crippen LogP contribution in [-0.4, -0.2) is 73.9 Å². The van der Waals surface area contributed by atoms with E-state index in [0.29, 0.717) is 13.1 Å². The van der Waals surface area contributed by atoms with E-state index in [2.05, 4.69) is 103 Å². The van der Waals surface area contributed by atoms with Gasteiger partial charge in [0.25, 0.3) is 0 Å². The summed E-state index contributed by atoms with van der Waals surface area (Å²) in [4.78, 5) is 59.3. The van der Waals surface area contributed by atoms with E-state index in [9.17, 15) is 14.4 Å². The van der Waals surface area contributed by atoms with Gasteiger partial charge in [0.05, 0.1) is 36.9 Å². The number of rotatable bonds is 10. The van der Waals surface area contributed by atoms with Crippen molar-refractivity contribution in [2.45, 2.75) is 78.9 Å². The molecule has 11 nitrogen and oxygen atoms in total. The summed E-state index contributed by atoms with van der Waals surface area (Å²) in [6.45, 7) is 13.3. The zero-order valence-corrected chi connectivity index (χ0v) is 33.4. The number of fused-ring (bicyclic) bond motifs is 1. The number of nitrogens with one attached hydrogen (secondary N) is 3. The maximum Gasteiger partial charge on any atom is 0.407 e. The third-order valence-electron chi connectivity index (χ3n) is 11.5. The Hall–Kier alpha value is -5.71. The average molecular weight is 756 g/mol. The van der Waals surface area contributed by atoms with Gasteiger partial charge in [-0.25, -0.2) is 14.8 Å². The van der Waals surface area contributed by atoms with Gasteiger partial charge in [-0.1, -0.05) is 94.8 Å². The fourth-order valence-electron chi connectivity index (χ4n) is 7.85. The first-order chi connectivity index (χ1) is 26.9. The second kappa shape index (κ2) is 16.2. The smallest absolute Gasteiger partial charge is 0.407 e. The first-order valence-corrected chi connectivity index (χ1v) is 19.8. The van der Waals surface area contributed by atoms with Crippen LogP contribution < -0.4 is 5.32 Å². The van der Waals surface area contributed by atoms with Gasteiger partial charge >= 0.3 is 6.09 Å². The third-order valence-corrected chi connectivity index (χ3v) is 11.5. The van der Waals surface area contributed by atoms with E-state index in [4.69, 9.17) is 14.7 Å². The second-order valence-electron chi connectivity index (χ2n) is 16.1. The Labute approximate surface area is 329 Å². The number of aromatic nitrogens is 4. The average Bonchev–Trinajstić information content (AvgIpc) is 3.99. The van der Waals surface area contributed by atoms with Crippen LogP contribution in [0.5, 0.6) is 0 Å². The van der Waals surface area contributed by atoms with Crippen molar-refractivity contribution < 1.29 is 19.1 Å². The molecule has 2 aromatic heterocycles. The summed E-state index contributed by atoms with van der Waals surface area (Å²) in [5.41, 5.74) is 7.25. The molecule has 11 heteroatoms. The standard InChI is InChI=1S/C45H53N7O4/c1-26(2)29(6)43(53)52-25-28(5)20-39(52)42-47-23-36(48-42)31-13-11-30(12-14-31)32-15-16-34-22-35(18-17-33(34)21-32)37-24-46-41(49-37)38-10-8-9-19-51(38)44(54)40(27(3)4)50-45(55)56-7/h11-18,20-24,26-27,29,38-40H,8-10,19,25H2,1-7H3,(H,46,49)(H,47,48)(H,50,55)/t29-,38-,39-,40-/m0/s1. The first kappa shape index (κ1) is 38.6. The van der Waals surface area contributed by atoms with Crippen LogP contribution in [0.25, 0.3) is 44.4 Å². The van der Waals surface area contributed by atoms with Gasteiger partial charge in [0.2, 0.25) is 11.8 Å². The number of amides is 3. The van der Waals surface area contributed by atoms with Crippen LogP contribution in [0.1, 0.15) is 84.5 Å². The van der Waals surface area contributed by atoms with Crippen molar-refractivity contribution >= 4 is 28.7 Å². The quantitative estimate of drug-likeness (QED) is 0.122. The van der Waals surface area contributed by atoms with E-state index in [1.807, 2.05) is 43.0 Å². The lowest BCUT2D eigenvalue weighted by Crippen LogP contribution is -2.53.